The summed E-state index contributed by atoms with van der Waals surface area (Å²) in [6, 6.07) is 9.75. The van der Waals surface area contributed by atoms with Crippen LogP contribution in [0, 0.1) is 6.92 Å². The van der Waals surface area contributed by atoms with Gasteiger partial charge in [-0.15, -0.1) is 0 Å². The lowest BCUT2D eigenvalue weighted by atomic mass is 10.1. The smallest absolute Gasteiger partial charge is 0.370 e. The Labute approximate surface area is 99.7 Å². The van der Waals surface area contributed by atoms with Gasteiger partial charge in [-0.3, -0.25) is 0 Å². The molecule has 0 bridgehead atoms. The van der Waals surface area contributed by atoms with E-state index in [9.17, 15) is 4.79 Å². The molecule has 0 atom stereocenters. The van der Waals surface area contributed by atoms with E-state index >= 15 is 0 Å². The minimum Gasteiger partial charge on any atom is -1.00 e. The highest BCUT2D eigenvalue weighted by molar-refractivity contribution is 5.79. The molecule has 0 saturated heterocycles. The Hall–Kier alpha value is -1.61. The predicted molar refractivity (Wildman–Crippen MR) is 56.5 cm³/mol. The second-order valence-electron chi connectivity index (χ2n) is 3.54. The highest BCUT2D eigenvalue weighted by atomic mass is 35.5. The molecule has 0 amide bonds. The molecule has 3 nitrogen and oxygen atoms in total. The molecule has 16 heavy (non-hydrogen) atoms. The van der Waals surface area contributed by atoms with Gasteiger partial charge in [0.2, 0.25) is 12.1 Å². The fourth-order valence-corrected chi connectivity index (χ4v) is 1.71. The number of nitrogens with zero attached hydrogens (tertiary/aromatic N) is 1. The number of para-hydroxylation sites is 1. The molecule has 1 aromatic heterocycles. The Kier molecular flexibility index (Phi) is 3.85. The van der Waals surface area contributed by atoms with Gasteiger partial charge in [0.25, 0.3) is 0 Å². The number of aromatic nitrogens is 1. The predicted octanol–water partition coefficient (Wildman–Crippen LogP) is -1.48. The van der Waals surface area contributed by atoms with E-state index in [2.05, 4.69) is 0 Å². The number of aliphatic carboxylic acids is 1. The fraction of sp³-hybridized carbons (Fsp3) is 0.167. The Morgan fingerprint density at radius 3 is 2.69 bits per heavy atom. The van der Waals surface area contributed by atoms with Crippen molar-refractivity contribution in [3.8, 4) is 0 Å². The van der Waals surface area contributed by atoms with Crippen molar-refractivity contribution in [1.29, 1.82) is 0 Å². The highest BCUT2D eigenvalue weighted by Crippen LogP contribution is 2.13. The second-order valence-corrected chi connectivity index (χ2v) is 3.54. The van der Waals surface area contributed by atoms with Crippen LogP contribution >= 0.6 is 0 Å². The van der Waals surface area contributed by atoms with Crippen molar-refractivity contribution in [2.45, 2.75) is 13.5 Å². The maximum absolute atomic E-state index is 10.7. The molecule has 1 aromatic carbocycles. The fourth-order valence-electron chi connectivity index (χ4n) is 1.71. The first kappa shape index (κ1) is 12.5. The number of rotatable bonds is 2. The number of carboxylic acids is 1. The van der Waals surface area contributed by atoms with E-state index < -0.39 is 5.97 Å². The zero-order chi connectivity index (χ0) is 10.8. The lowest BCUT2D eigenvalue weighted by Crippen LogP contribution is -3.00. The van der Waals surface area contributed by atoms with Crippen molar-refractivity contribution in [2.75, 3.05) is 0 Å². The van der Waals surface area contributed by atoms with Gasteiger partial charge >= 0.3 is 5.97 Å². The Morgan fingerprint density at radius 2 is 2.00 bits per heavy atom. The molecular weight excluding hydrogens is 226 g/mol. The summed E-state index contributed by atoms with van der Waals surface area (Å²) >= 11 is 0. The number of fused-ring (bicyclic) bond motifs is 1. The van der Waals surface area contributed by atoms with E-state index in [-0.39, 0.29) is 19.0 Å². The van der Waals surface area contributed by atoms with Crippen molar-refractivity contribution in [1.82, 2.24) is 0 Å². The first-order valence-electron chi connectivity index (χ1n) is 4.78. The standard InChI is InChI=1S/C12H11NO2.ClH/c1-9-6-7-13(8-12(14)15)11-5-3-2-4-10(9)11;/h2-7H,8H2,1H3;1H. The van der Waals surface area contributed by atoms with Gasteiger partial charge in [0, 0.05) is 17.5 Å². The number of benzene rings is 1. The van der Waals surface area contributed by atoms with Crippen molar-refractivity contribution in [2.24, 2.45) is 0 Å². The van der Waals surface area contributed by atoms with Crippen LogP contribution in [0.15, 0.2) is 36.5 Å². The molecule has 0 saturated carbocycles. The Bertz CT molecular complexity index is 525. The van der Waals surface area contributed by atoms with Crippen LogP contribution in [-0.4, -0.2) is 11.1 Å². The van der Waals surface area contributed by atoms with Crippen molar-refractivity contribution in [3.05, 3.63) is 42.1 Å². The second kappa shape index (κ2) is 4.94. The number of carbonyl (C=O) groups is 1. The maximum atomic E-state index is 10.7. The molecule has 0 unspecified atom stereocenters. The van der Waals surface area contributed by atoms with Crippen LogP contribution in [0.1, 0.15) is 5.56 Å². The van der Waals surface area contributed by atoms with Crippen LogP contribution in [0.25, 0.3) is 10.9 Å². The highest BCUT2D eigenvalue weighted by Gasteiger charge is 2.12. The van der Waals surface area contributed by atoms with Crippen molar-refractivity contribution in [3.63, 3.8) is 0 Å². The molecule has 84 valence electrons. The van der Waals surface area contributed by atoms with E-state index in [0.29, 0.717) is 0 Å². The quantitative estimate of drug-likeness (QED) is 0.648. The molecule has 0 aliphatic rings. The van der Waals surface area contributed by atoms with Crippen LogP contribution in [0.5, 0.6) is 0 Å². The maximum Gasteiger partial charge on any atom is 0.370 e. The molecule has 0 aliphatic carbocycles. The van der Waals surface area contributed by atoms with Gasteiger partial charge in [0.15, 0.2) is 6.20 Å². The lowest BCUT2D eigenvalue weighted by molar-refractivity contribution is -0.660. The minimum absolute atomic E-state index is 0. The number of aryl methyl sites for hydroxylation is 1. The molecular formula is C12H12ClNO2. The lowest BCUT2D eigenvalue weighted by Gasteiger charge is -2.01. The third kappa shape index (κ3) is 2.31. The first-order chi connectivity index (χ1) is 7.18. The van der Waals surface area contributed by atoms with Gasteiger partial charge in [0.1, 0.15) is 0 Å². The van der Waals surface area contributed by atoms with Crippen molar-refractivity contribution < 1.29 is 26.9 Å². The number of hydrogen-bond donors (Lipinski definition) is 1. The summed E-state index contributed by atoms with van der Waals surface area (Å²) in [7, 11) is 0. The van der Waals surface area contributed by atoms with E-state index in [0.717, 1.165) is 16.5 Å². The third-order valence-corrected chi connectivity index (χ3v) is 2.45. The van der Waals surface area contributed by atoms with Gasteiger partial charge in [-0.25, -0.2) is 4.79 Å². The Balaban J connectivity index is 0.00000128. The van der Waals surface area contributed by atoms with Crippen LogP contribution in [0.2, 0.25) is 0 Å². The van der Waals surface area contributed by atoms with Crippen LogP contribution in [-0.2, 0) is 11.3 Å². The molecule has 0 radical (unpaired) electrons. The largest absolute Gasteiger partial charge is 1.00 e. The average Bonchev–Trinajstić information content (AvgIpc) is 2.22. The van der Waals surface area contributed by atoms with E-state index in [1.807, 2.05) is 43.5 Å². The monoisotopic (exact) mass is 237 g/mol. The molecule has 1 N–H and O–H groups in total. The Morgan fingerprint density at radius 1 is 1.31 bits per heavy atom. The summed E-state index contributed by atoms with van der Waals surface area (Å²) in [6.45, 7) is 2.02. The van der Waals surface area contributed by atoms with Gasteiger partial charge in [0.05, 0.1) is 0 Å². The van der Waals surface area contributed by atoms with Crippen LogP contribution in [0.3, 0.4) is 0 Å². The molecule has 2 aromatic rings. The van der Waals surface area contributed by atoms with Gasteiger partial charge in [-0.05, 0) is 18.6 Å². The van der Waals surface area contributed by atoms with E-state index in [1.165, 1.54) is 0 Å². The zero-order valence-electron chi connectivity index (χ0n) is 8.85. The van der Waals surface area contributed by atoms with E-state index in [4.69, 9.17) is 5.11 Å². The molecule has 0 aliphatic heterocycles. The van der Waals surface area contributed by atoms with Crippen LogP contribution in [0.4, 0.5) is 0 Å². The summed E-state index contributed by atoms with van der Waals surface area (Å²) in [6.07, 6.45) is 1.81. The first-order valence-corrected chi connectivity index (χ1v) is 4.78. The molecule has 4 heteroatoms. The van der Waals surface area contributed by atoms with Gasteiger partial charge in [-0.1, -0.05) is 12.1 Å². The summed E-state index contributed by atoms with van der Waals surface area (Å²) < 4.78 is 1.74. The van der Waals surface area contributed by atoms with Crippen molar-refractivity contribution >= 4 is 16.9 Å². The summed E-state index contributed by atoms with van der Waals surface area (Å²) in [5.74, 6) is -0.825. The molecule has 2 rings (SSSR count). The number of hydrogen-bond acceptors (Lipinski definition) is 1. The topological polar surface area (TPSA) is 41.2 Å². The third-order valence-electron chi connectivity index (χ3n) is 2.45. The van der Waals surface area contributed by atoms with Crippen LogP contribution < -0.4 is 17.0 Å². The summed E-state index contributed by atoms with van der Waals surface area (Å²) in [5, 5.41) is 9.87. The number of carboxylic acid groups (broad SMARTS) is 1. The number of halogens is 1. The summed E-state index contributed by atoms with van der Waals surface area (Å²) in [5.41, 5.74) is 2.12. The zero-order valence-corrected chi connectivity index (χ0v) is 9.61. The normalized spacial score (nSPS) is 9.81. The average molecular weight is 238 g/mol. The molecule has 0 spiro atoms. The van der Waals surface area contributed by atoms with Gasteiger partial charge in [-0.2, -0.15) is 4.57 Å². The summed E-state index contributed by atoms with van der Waals surface area (Å²) in [4.78, 5) is 10.7. The molecule has 0 fully saturated rings. The molecule has 1 heterocycles. The minimum atomic E-state index is -0.825. The SMILES string of the molecule is Cc1cc[n+](CC(=O)O)c2ccccc12.[Cl-]. The van der Waals surface area contributed by atoms with E-state index in [1.54, 1.807) is 4.57 Å². The number of pyridine rings is 1. The van der Waals surface area contributed by atoms with Gasteiger partial charge < -0.3 is 17.5 Å².